The van der Waals surface area contributed by atoms with Crippen LogP contribution in [0, 0.1) is 6.92 Å². The number of aromatic hydroxyl groups is 2. The van der Waals surface area contributed by atoms with Crippen LogP contribution in [0.2, 0.25) is 0 Å². The molecule has 0 amide bonds. The van der Waals surface area contributed by atoms with Crippen molar-refractivity contribution in [2.24, 2.45) is 0 Å². The second-order valence-corrected chi connectivity index (χ2v) is 13.2. The normalized spacial score (nSPS) is 13.8. The fourth-order valence-corrected chi connectivity index (χ4v) is 6.97. The summed E-state index contributed by atoms with van der Waals surface area (Å²) in [7, 11) is -5.75. The first-order chi connectivity index (χ1) is 19.9. The highest BCUT2D eigenvalue weighted by molar-refractivity contribution is 7.92. The minimum Gasteiger partial charge on any atom is -0.507 e. The maximum absolute atomic E-state index is 13.7. The van der Waals surface area contributed by atoms with Crippen LogP contribution < -0.4 is 10.0 Å². The molecule has 15 heteroatoms. The molecule has 1 unspecified atom stereocenters. The maximum atomic E-state index is 13.7. The molecule has 5 rings (SSSR count). The minimum absolute atomic E-state index is 0.00831. The van der Waals surface area contributed by atoms with Crippen LogP contribution in [-0.4, -0.2) is 49.6 Å². The zero-order valence-electron chi connectivity index (χ0n) is 22.3. The summed E-state index contributed by atoms with van der Waals surface area (Å²) >= 11 is 0. The van der Waals surface area contributed by atoms with E-state index in [0.717, 1.165) is 20.3 Å². The number of phenols is 2. The number of anilines is 2. The fourth-order valence-electron chi connectivity index (χ4n) is 4.59. The number of carbonyl (C=O) groups excluding carboxylic acids is 2. The number of aromatic nitrogens is 1. The number of benzene rings is 3. The van der Waals surface area contributed by atoms with E-state index in [1.807, 2.05) is 0 Å². The molecule has 1 aromatic heterocycles. The predicted molar refractivity (Wildman–Crippen MR) is 150 cm³/mol. The van der Waals surface area contributed by atoms with Crippen LogP contribution in [0.3, 0.4) is 0 Å². The standard InChI is InChI=1S/C27H24N3O10PS/c1-14-11-22(29-40-14)30-42(36,37)17-9-7-16(8-10-17)28-27(41(35,38-2)39-3)15-12-19-24(21(32)13-15)26(34)23-18(25(19)33)5-4-6-20(23)31/h4-13,27-28,31-32H,1-3H3,(H,29,30). The first kappa shape index (κ1) is 29.0. The zero-order chi connectivity index (χ0) is 30.4. The SMILES string of the molecule is COP(=O)(OC)C(Nc1ccc(S(=O)(=O)Nc2cc(C)on2)cc1)c1cc(O)c2c(c1)C(=O)c1cccc(O)c1C2=O. The Morgan fingerprint density at radius 3 is 2.19 bits per heavy atom. The number of ketones is 2. The van der Waals surface area contributed by atoms with Crippen LogP contribution in [0.1, 0.15) is 48.9 Å². The highest BCUT2D eigenvalue weighted by atomic mass is 32.2. The van der Waals surface area contributed by atoms with E-state index < -0.39 is 46.5 Å². The average Bonchev–Trinajstić information content (AvgIpc) is 3.37. The van der Waals surface area contributed by atoms with Crippen molar-refractivity contribution in [3.05, 3.63) is 94.2 Å². The summed E-state index contributed by atoms with van der Waals surface area (Å²) in [6.45, 7) is 1.61. The molecule has 0 aliphatic heterocycles. The lowest BCUT2D eigenvalue weighted by Crippen LogP contribution is -2.22. The van der Waals surface area contributed by atoms with Gasteiger partial charge < -0.3 is 29.1 Å². The number of sulfonamides is 1. The first-order valence-electron chi connectivity index (χ1n) is 12.2. The largest absolute Gasteiger partial charge is 0.507 e. The molecule has 13 nitrogen and oxygen atoms in total. The molecule has 4 aromatic rings. The monoisotopic (exact) mass is 613 g/mol. The van der Waals surface area contributed by atoms with E-state index >= 15 is 0 Å². The molecule has 0 radical (unpaired) electrons. The van der Waals surface area contributed by atoms with E-state index in [1.54, 1.807) is 6.92 Å². The van der Waals surface area contributed by atoms with Crippen molar-refractivity contribution >= 4 is 40.7 Å². The van der Waals surface area contributed by atoms with Crippen LogP contribution in [-0.2, 0) is 23.6 Å². The number of nitrogens with zero attached hydrogens (tertiary/aromatic N) is 1. The van der Waals surface area contributed by atoms with Crippen molar-refractivity contribution in [3.8, 4) is 11.5 Å². The molecule has 218 valence electrons. The summed E-state index contributed by atoms with van der Waals surface area (Å²) in [5.74, 6) is -3.28. The van der Waals surface area contributed by atoms with Crippen molar-refractivity contribution in [1.82, 2.24) is 5.16 Å². The number of nitrogens with one attached hydrogen (secondary N) is 2. The zero-order valence-corrected chi connectivity index (χ0v) is 24.0. The van der Waals surface area contributed by atoms with E-state index in [2.05, 4.69) is 15.2 Å². The van der Waals surface area contributed by atoms with Gasteiger partial charge in [-0.1, -0.05) is 17.3 Å². The summed E-state index contributed by atoms with van der Waals surface area (Å²) in [4.78, 5) is 26.4. The smallest absolute Gasteiger partial charge is 0.356 e. The second kappa shape index (κ2) is 10.7. The Balaban J connectivity index is 1.52. The van der Waals surface area contributed by atoms with Crippen LogP contribution in [0.5, 0.6) is 11.5 Å². The number of hydrogen-bond donors (Lipinski definition) is 4. The Hall–Kier alpha value is -4.49. The van der Waals surface area contributed by atoms with Crippen molar-refractivity contribution in [2.45, 2.75) is 17.6 Å². The van der Waals surface area contributed by atoms with Gasteiger partial charge in [-0.25, -0.2) is 8.42 Å². The quantitative estimate of drug-likeness (QED) is 0.169. The third kappa shape index (κ3) is 5.05. The number of carbonyl (C=O) groups is 2. The molecule has 1 aliphatic rings. The molecule has 1 atom stereocenters. The van der Waals surface area contributed by atoms with Crippen molar-refractivity contribution in [1.29, 1.82) is 0 Å². The Bertz CT molecular complexity index is 1880. The predicted octanol–water partition coefficient (Wildman–Crippen LogP) is 4.57. The molecule has 0 saturated heterocycles. The van der Waals surface area contributed by atoms with E-state index in [1.165, 1.54) is 54.6 Å². The number of rotatable bonds is 9. The third-order valence-electron chi connectivity index (χ3n) is 6.60. The highest BCUT2D eigenvalue weighted by Gasteiger charge is 2.40. The average molecular weight is 614 g/mol. The Labute approximate surface area is 239 Å². The van der Waals surface area contributed by atoms with Crippen LogP contribution in [0.25, 0.3) is 0 Å². The lowest BCUT2D eigenvalue weighted by Gasteiger charge is -2.28. The van der Waals surface area contributed by atoms with E-state index in [0.29, 0.717) is 5.76 Å². The van der Waals surface area contributed by atoms with Crippen LogP contribution >= 0.6 is 7.60 Å². The van der Waals surface area contributed by atoms with Gasteiger partial charge in [0.1, 0.15) is 17.3 Å². The van der Waals surface area contributed by atoms with E-state index in [-0.39, 0.29) is 44.2 Å². The van der Waals surface area contributed by atoms with Gasteiger partial charge >= 0.3 is 7.60 Å². The summed E-state index contributed by atoms with van der Waals surface area (Å²) in [5, 5.41) is 27.6. The molecule has 0 bridgehead atoms. The Morgan fingerprint density at radius 2 is 1.57 bits per heavy atom. The molecule has 0 fully saturated rings. The third-order valence-corrected chi connectivity index (χ3v) is 10.0. The highest BCUT2D eigenvalue weighted by Crippen LogP contribution is 2.60. The van der Waals surface area contributed by atoms with Gasteiger partial charge in [-0.15, -0.1) is 0 Å². The number of hydrogen-bond acceptors (Lipinski definition) is 12. The summed E-state index contributed by atoms with van der Waals surface area (Å²) in [6.07, 6.45) is 0. The van der Waals surface area contributed by atoms with Gasteiger partial charge in [-0.2, -0.15) is 0 Å². The van der Waals surface area contributed by atoms with E-state index in [4.69, 9.17) is 13.6 Å². The summed E-state index contributed by atoms with van der Waals surface area (Å²) < 4.78 is 56.8. The number of fused-ring (bicyclic) bond motifs is 2. The van der Waals surface area contributed by atoms with Crippen molar-refractivity contribution in [3.63, 3.8) is 0 Å². The molecular formula is C27H24N3O10PS. The molecule has 4 N–H and O–H groups in total. The van der Waals surface area contributed by atoms with Gasteiger partial charge in [0.05, 0.1) is 16.0 Å². The molecule has 1 heterocycles. The van der Waals surface area contributed by atoms with Crippen molar-refractivity contribution in [2.75, 3.05) is 24.3 Å². The molecule has 42 heavy (non-hydrogen) atoms. The Kier molecular flexibility index (Phi) is 7.41. The van der Waals surface area contributed by atoms with Gasteiger partial charge in [0.25, 0.3) is 10.0 Å². The van der Waals surface area contributed by atoms with Crippen LogP contribution in [0.4, 0.5) is 11.5 Å². The molecule has 3 aromatic carbocycles. The molecule has 0 spiro atoms. The lowest BCUT2D eigenvalue weighted by atomic mass is 9.82. The number of aryl methyl sites for hydroxylation is 1. The maximum Gasteiger partial charge on any atom is 0.356 e. The number of phenolic OH excluding ortho intramolecular Hbond substituents is 2. The first-order valence-corrected chi connectivity index (χ1v) is 15.3. The van der Waals surface area contributed by atoms with Gasteiger partial charge in [0, 0.05) is 37.1 Å². The molecule has 0 saturated carbocycles. The van der Waals surface area contributed by atoms with Gasteiger partial charge in [-0.05, 0) is 55.0 Å². The second-order valence-electron chi connectivity index (χ2n) is 9.23. The Morgan fingerprint density at radius 1 is 0.905 bits per heavy atom. The van der Waals surface area contributed by atoms with Gasteiger partial charge in [-0.3, -0.25) is 18.9 Å². The molecule has 1 aliphatic carbocycles. The molecular weight excluding hydrogens is 589 g/mol. The van der Waals surface area contributed by atoms with Gasteiger partial charge in [0.2, 0.25) is 5.78 Å². The minimum atomic E-state index is -4.04. The fraction of sp³-hybridized carbons (Fsp3) is 0.148. The van der Waals surface area contributed by atoms with E-state index in [9.17, 15) is 32.8 Å². The van der Waals surface area contributed by atoms with Crippen LogP contribution in [0.15, 0.2) is 70.1 Å². The summed E-state index contributed by atoms with van der Waals surface area (Å²) in [6, 6.07) is 13.3. The van der Waals surface area contributed by atoms with Crippen molar-refractivity contribution < 1.29 is 46.4 Å². The lowest BCUT2D eigenvalue weighted by molar-refractivity contribution is 0.0974. The summed E-state index contributed by atoms with van der Waals surface area (Å²) in [5.41, 5.74) is -0.417. The topological polar surface area (TPSA) is 194 Å². The van der Waals surface area contributed by atoms with Gasteiger partial charge in [0.15, 0.2) is 17.4 Å².